The van der Waals surface area contributed by atoms with Gasteiger partial charge in [-0.3, -0.25) is 4.79 Å². The van der Waals surface area contributed by atoms with Crippen molar-refractivity contribution >= 4 is 5.97 Å². The maximum absolute atomic E-state index is 12.8. The Kier molecular flexibility index (Phi) is 4.60. The molecule has 1 aromatic rings. The standard InChI is InChI=1S/C12H16FNO3/c1-17-7-6-12(8-14,11(15)16)9-2-4-10(13)5-3-9/h2-5H,6-8,14H2,1H3,(H,15,16). The minimum absolute atomic E-state index is 0.0582. The van der Waals surface area contributed by atoms with Crippen LogP contribution in [0.4, 0.5) is 4.39 Å². The highest BCUT2D eigenvalue weighted by Crippen LogP contribution is 2.28. The summed E-state index contributed by atoms with van der Waals surface area (Å²) in [7, 11) is 1.49. The SMILES string of the molecule is COCCC(CN)(C(=O)O)c1ccc(F)cc1. The van der Waals surface area contributed by atoms with E-state index in [2.05, 4.69) is 0 Å². The van der Waals surface area contributed by atoms with Gasteiger partial charge in [0.1, 0.15) is 11.2 Å². The van der Waals surface area contributed by atoms with Crippen LogP contribution >= 0.6 is 0 Å². The molecule has 1 unspecified atom stereocenters. The fourth-order valence-electron chi connectivity index (χ4n) is 1.73. The number of aliphatic carboxylic acids is 1. The van der Waals surface area contributed by atoms with Crippen molar-refractivity contribution in [3.05, 3.63) is 35.6 Å². The van der Waals surface area contributed by atoms with Crippen molar-refractivity contribution in [2.45, 2.75) is 11.8 Å². The number of hydrogen-bond donors (Lipinski definition) is 2. The largest absolute Gasteiger partial charge is 0.481 e. The third kappa shape index (κ3) is 2.81. The average molecular weight is 241 g/mol. The van der Waals surface area contributed by atoms with Crippen molar-refractivity contribution in [3.63, 3.8) is 0 Å². The van der Waals surface area contributed by atoms with Crippen molar-refractivity contribution in [2.75, 3.05) is 20.3 Å². The second kappa shape index (κ2) is 5.75. The molecule has 0 aliphatic heterocycles. The van der Waals surface area contributed by atoms with E-state index >= 15 is 0 Å². The van der Waals surface area contributed by atoms with Crippen molar-refractivity contribution in [1.82, 2.24) is 0 Å². The molecule has 5 heteroatoms. The first-order valence-corrected chi connectivity index (χ1v) is 5.25. The molecule has 0 fully saturated rings. The molecule has 0 saturated carbocycles. The minimum atomic E-state index is -1.22. The topological polar surface area (TPSA) is 72.5 Å². The van der Waals surface area contributed by atoms with E-state index in [0.29, 0.717) is 5.56 Å². The molecule has 1 aromatic carbocycles. The van der Waals surface area contributed by atoms with Crippen LogP contribution in [0.2, 0.25) is 0 Å². The Morgan fingerprint density at radius 3 is 2.47 bits per heavy atom. The molecule has 3 N–H and O–H groups in total. The molecule has 0 heterocycles. The van der Waals surface area contributed by atoms with Gasteiger partial charge < -0.3 is 15.6 Å². The van der Waals surface area contributed by atoms with Crippen LogP contribution < -0.4 is 5.73 Å². The first-order chi connectivity index (χ1) is 8.06. The van der Waals surface area contributed by atoms with E-state index in [-0.39, 0.29) is 19.6 Å². The molecule has 0 saturated heterocycles. The predicted octanol–water partition coefficient (Wildman–Crippen LogP) is 1.14. The highest BCUT2D eigenvalue weighted by atomic mass is 19.1. The van der Waals surface area contributed by atoms with Gasteiger partial charge in [0.05, 0.1) is 0 Å². The molecule has 0 bridgehead atoms. The summed E-state index contributed by atoms with van der Waals surface area (Å²) in [4.78, 5) is 11.4. The summed E-state index contributed by atoms with van der Waals surface area (Å²) in [5.74, 6) is -1.43. The van der Waals surface area contributed by atoms with Crippen LogP contribution in [0.5, 0.6) is 0 Å². The maximum atomic E-state index is 12.8. The Balaban J connectivity index is 3.12. The molecule has 4 nitrogen and oxygen atoms in total. The lowest BCUT2D eigenvalue weighted by Crippen LogP contribution is -2.43. The van der Waals surface area contributed by atoms with Crippen LogP contribution in [0.25, 0.3) is 0 Å². The van der Waals surface area contributed by atoms with Gasteiger partial charge in [-0.1, -0.05) is 12.1 Å². The normalized spacial score (nSPS) is 14.3. The lowest BCUT2D eigenvalue weighted by molar-refractivity contribution is -0.144. The van der Waals surface area contributed by atoms with Crippen molar-refractivity contribution in [3.8, 4) is 0 Å². The summed E-state index contributed by atoms with van der Waals surface area (Å²) in [6, 6.07) is 5.36. The molecule has 1 atom stereocenters. The van der Waals surface area contributed by atoms with Gasteiger partial charge >= 0.3 is 5.97 Å². The molecule has 0 aliphatic carbocycles. The Labute approximate surface area is 99.2 Å². The molecule has 94 valence electrons. The number of carbonyl (C=O) groups is 1. The second-order valence-electron chi connectivity index (χ2n) is 3.84. The van der Waals surface area contributed by atoms with Crippen LogP contribution in [0.1, 0.15) is 12.0 Å². The predicted molar refractivity (Wildman–Crippen MR) is 61.3 cm³/mol. The fourth-order valence-corrected chi connectivity index (χ4v) is 1.73. The summed E-state index contributed by atoms with van der Waals surface area (Å²) in [6.45, 7) is 0.220. The highest BCUT2D eigenvalue weighted by molar-refractivity contribution is 5.81. The van der Waals surface area contributed by atoms with Gasteiger partial charge in [-0.25, -0.2) is 4.39 Å². The number of carboxylic acids is 1. The molecule has 0 amide bonds. The maximum Gasteiger partial charge on any atom is 0.315 e. The average Bonchev–Trinajstić information content (AvgIpc) is 2.32. The lowest BCUT2D eigenvalue weighted by atomic mass is 9.78. The number of halogens is 1. The Hall–Kier alpha value is -1.46. The Bertz CT molecular complexity index is 380. The Morgan fingerprint density at radius 1 is 1.47 bits per heavy atom. The molecule has 17 heavy (non-hydrogen) atoms. The van der Waals surface area contributed by atoms with Crippen LogP contribution in [0.15, 0.2) is 24.3 Å². The smallest absolute Gasteiger partial charge is 0.315 e. The van der Waals surface area contributed by atoms with E-state index < -0.39 is 17.2 Å². The highest BCUT2D eigenvalue weighted by Gasteiger charge is 2.38. The zero-order valence-electron chi connectivity index (χ0n) is 9.65. The number of nitrogens with two attached hydrogens (primary N) is 1. The quantitative estimate of drug-likeness (QED) is 0.783. The van der Waals surface area contributed by atoms with Crippen LogP contribution in [0.3, 0.4) is 0 Å². The van der Waals surface area contributed by atoms with Crippen LogP contribution in [0, 0.1) is 5.82 Å². The lowest BCUT2D eigenvalue weighted by Gasteiger charge is -2.28. The fraction of sp³-hybridized carbons (Fsp3) is 0.417. The van der Waals surface area contributed by atoms with Gasteiger partial charge in [-0.2, -0.15) is 0 Å². The van der Waals surface area contributed by atoms with E-state index in [1.165, 1.54) is 31.4 Å². The number of hydrogen-bond acceptors (Lipinski definition) is 3. The van der Waals surface area contributed by atoms with Gasteiger partial charge in [0.2, 0.25) is 0 Å². The summed E-state index contributed by atoms with van der Waals surface area (Å²) >= 11 is 0. The number of benzene rings is 1. The van der Waals surface area contributed by atoms with Gasteiger partial charge in [-0.05, 0) is 24.1 Å². The minimum Gasteiger partial charge on any atom is -0.481 e. The van der Waals surface area contributed by atoms with Crippen molar-refractivity contribution in [2.24, 2.45) is 5.73 Å². The number of carboxylic acid groups (broad SMARTS) is 1. The van der Waals surface area contributed by atoms with Gasteiger partial charge in [0.15, 0.2) is 0 Å². The Morgan fingerprint density at radius 2 is 2.06 bits per heavy atom. The third-order valence-electron chi connectivity index (χ3n) is 2.89. The number of methoxy groups -OCH3 is 1. The van der Waals surface area contributed by atoms with E-state index in [0.717, 1.165) is 0 Å². The zero-order chi connectivity index (χ0) is 12.9. The molecule has 0 radical (unpaired) electrons. The summed E-state index contributed by atoms with van der Waals surface area (Å²) in [5.41, 5.74) is 4.86. The summed E-state index contributed by atoms with van der Waals surface area (Å²) in [5, 5.41) is 9.34. The summed E-state index contributed by atoms with van der Waals surface area (Å²) < 4.78 is 17.7. The second-order valence-corrected chi connectivity index (χ2v) is 3.84. The van der Waals surface area contributed by atoms with Gasteiger partial charge in [0.25, 0.3) is 0 Å². The van der Waals surface area contributed by atoms with Crippen molar-refractivity contribution in [1.29, 1.82) is 0 Å². The molecular weight excluding hydrogens is 225 g/mol. The third-order valence-corrected chi connectivity index (χ3v) is 2.89. The summed E-state index contributed by atoms with van der Waals surface area (Å²) in [6.07, 6.45) is 0.251. The van der Waals surface area contributed by atoms with Crippen LogP contribution in [-0.2, 0) is 14.9 Å². The first kappa shape index (κ1) is 13.6. The van der Waals surface area contributed by atoms with Gasteiger partial charge in [-0.15, -0.1) is 0 Å². The molecule has 0 spiro atoms. The van der Waals surface area contributed by atoms with Crippen molar-refractivity contribution < 1.29 is 19.0 Å². The van der Waals surface area contributed by atoms with E-state index in [1.54, 1.807) is 0 Å². The monoisotopic (exact) mass is 241 g/mol. The van der Waals surface area contributed by atoms with E-state index in [4.69, 9.17) is 10.5 Å². The first-order valence-electron chi connectivity index (χ1n) is 5.25. The molecular formula is C12H16FNO3. The molecule has 0 aliphatic rings. The zero-order valence-corrected chi connectivity index (χ0v) is 9.65. The number of ether oxygens (including phenoxy) is 1. The van der Waals surface area contributed by atoms with E-state index in [1.807, 2.05) is 0 Å². The molecule has 1 rings (SSSR count). The van der Waals surface area contributed by atoms with Gasteiger partial charge in [0, 0.05) is 20.3 Å². The number of rotatable bonds is 6. The van der Waals surface area contributed by atoms with Crippen LogP contribution in [-0.4, -0.2) is 31.3 Å². The molecule has 0 aromatic heterocycles. The van der Waals surface area contributed by atoms with E-state index in [9.17, 15) is 14.3 Å².